The quantitative estimate of drug-likeness (QED) is 0.868. The van der Waals surface area contributed by atoms with Crippen LogP contribution >= 0.6 is 27.3 Å². The summed E-state index contributed by atoms with van der Waals surface area (Å²) < 4.78 is 1.22. The Morgan fingerprint density at radius 3 is 2.65 bits per heavy atom. The minimum absolute atomic E-state index is 0.388. The summed E-state index contributed by atoms with van der Waals surface area (Å²) in [5.41, 5.74) is 6.02. The van der Waals surface area contributed by atoms with E-state index in [1.165, 1.54) is 22.2 Å². The minimum atomic E-state index is 0.388. The summed E-state index contributed by atoms with van der Waals surface area (Å²) in [7, 11) is 0. The Kier molecular flexibility index (Phi) is 4.64. The van der Waals surface area contributed by atoms with Gasteiger partial charge in [0.05, 0.1) is 6.04 Å². The van der Waals surface area contributed by atoms with Crippen LogP contribution in [0.15, 0.2) is 15.9 Å². The van der Waals surface area contributed by atoms with Crippen LogP contribution in [-0.2, 0) is 0 Å². The molecular formula is C13H21BrN2S. The second-order valence-corrected chi connectivity index (χ2v) is 7.01. The number of nitrogens with zero attached hydrogens (tertiary/aromatic N) is 1. The number of hydrogen-bond donors (Lipinski definition) is 1. The summed E-state index contributed by atoms with van der Waals surface area (Å²) >= 11 is 5.45. The molecule has 0 aromatic carbocycles. The first kappa shape index (κ1) is 13.5. The van der Waals surface area contributed by atoms with Crippen LogP contribution in [0.5, 0.6) is 0 Å². The Labute approximate surface area is 116 Å². The molecule has 0 saturated heterocycles. The molecule has 2 nitrogen and oxygen atoms in total. The highest BCUT2D eigenvalue weighted by molar-refractivity contribution is 9.10. The smallest absolute Gasteiger partial charge is 0.0578 e. The van der Waals surface area contributed by atoms with Gasteiger partial charge in [0.25, 0.3) is 0 Å². The molecule has 17 heavy (non-hydrogen) atoms. The molecule has 1 aliphatic carbocycles. The zero-order valence-corrected chi connectivity index (χ0v) is 12.9. The molecule has 2 N–H and O–H groups in total. The zero-order chi connectivity index (χ0) is 12.4. The molecule has 1 aromatic heterocycles. The molecule has 0 aliphatic heterocycles. The number of thiophene rings is 1. The molecule has 2 rings (SSSR count). The van der Waals surface area contributed by atoms with Crippen LogP contribution in [-0.4, -0.2) is 24.0 Å². The molecule has 1 heterocycles. The monoisotopic (exact) mass is 316 g/mol. The average molecular weight is 317 g/mol. The van der Waals surface area contributed by atoms with E-state index in [9.17, 15) is 0 Å². The first-order valence-corrected chi connectivity index (χ1v) is 7.99. The predicted octanol–water partition coefficient (Wildman–Crippen LogP) is 3.63. The Morgan fingerprint density at radius 1 is 1.53 bits per heavy atom. The maximum absolute atomic E-state index is 6.02. The van der Waals surface area contributed by atoms with Crippen molar-refractivity contribution in [1.29, 1.82) is 0 Å². The molecule has 1 unspecified atom stereocenters. The Hall–Kier alpha value is 0.100. The van der Waals surface area contributed by atoms with E-state index in [-0.39, 0.29) is 0 Å². The lowest BCUT2D eigenvalue weighted by molar-refractivity contribution is 0.171. The van der Waals surface area contributed by atoms with Crippen molar-refractivity contribution in [2.45, 2.75) is 38.8 Å². The van der Waals surface area contributed by atoms with Gasteiger partial charge in [-0.05, 0) is 46.1 Å². The van der Waals surface area contributed by atoms with Crippen LogP contribution in [0.2, 0.25) is 0 Å². The highest BCUT2D eigenvalue weighted by Gasteiger charge is 2.35. The first-order valence-electron chi connectivity index (χ1n) is 6.32. The number of halogens is 1. The third-order valence-corrected chi connectivity index (χ3v) is 5.13. The summed E-state index contributed by atoms with van der Waals surface area (Å²) in [4.78, 5) is 4.00. The molecule has 96 valence electrons. The van der Waals surface area contributed by atoms with Gasteiger partial charge in [-0.1, -0.05) is 13.8 Å². The minimum Gasteiger partial charge on any atom is -0.329 e. The van der Waals surface area contributed by atoms with E-state index in [1.807, 2.05) is 11.3 Å². The maximum atomic E-state index is 6.02. The summed E-state index contributed by atoms with van der Waals surface area (Å²) in [6.45, 7) is 6.43. The molecule has 0 radical (unpaired) electrons. The van der Waals surface area contributed by atoms with Gasteiger partial charge in [0.2, 0.25) is 0 Å². The van der Waals surface area contributed by atoms with Crippen LogP contribution in [0.1, 0.15) is 37.6 Å². The third-order valence-electron chi connectivity index (χ3n) is 3.16. The van der Waals surface area contributed by atoms with Crippen molar-refractivity contribution in [3.8, 4) is 0 Å². The molecular weight excluding hydrogens is 296 g/mol. The summed E-state index contributed by atoms with van der Waals surface area (Å²) in [6, 6.07) is 3.28. The maximum Gasteiger partial charge on any atom is 0.0578 e. The summed E-state index contributed by atoms with van der Waals surface area (Å²) in [5, 5.41) is 2.14. The fourth-order valence-electron chi connectivity index (χ4n) is 2.29. The second-order valence-electron chi connectivity index (χ2n) is 5.21. The highest BCUT2D eigenvalue weighted by atomic mass is 79.9. The second kappa shape index (κ2) is 5.83. The van der Waals surface area contributed by atoms with E-state index in [1.54, 1.807) is 0 Å². The highest BCUT2D eigenvalue weighted by Crippen LogP contribution is 2.38. The summed E-state index contributed by atoms with van der Waals surface area (Å²) in [5.74, 6) is 0.698. The van der Waals surface area contributed by atoms with Gasteiger partial charge in [-0.15, -0.1) is 11.3 Å². The van der Waals surface area contributed by atoms with Crippen molar-refractivity contribution in [2.24, 2.45) is 11.7 Å². The normalized spacial score (nSPS) is 18.0. The number of nitrogens with two attached hydrogens (primary N) is 1. The van der Waals surface area contributed by atoms with Gasteiger partial charge < -0.3 is 5.73 Å². The Morgan fingerprint density at radius 2 is 2.24 bits per heavy atom. The number of rotatable bonds is 6. The Bertz CT molecular complexity index is 360. The molecule has 0 bridgehead atoms. The van der Waals surface area contributed by atoms with Gasteiger partial charge >= 0.3 is 0 Å². The largest absolute Gasteiger partial charge is 0.329 e. The lowest BCUT2D eigenvalue weighted by atomic mass is 10.1. The molecule has 1 saturated carbocycles. The van der Waals surface area contributed by atoms with E-state index in [2.05, 4.69) is 46.1 Å². The van der Waals surface area contributed by atoms with Crippen LogP contribution in [0.3, 0.4) is 0 Å². The van der Waals surface area contributed by atoms with E-state index in [0.717, 1.165) is 12.6 Å². The zero-order valence-electron chi connectivity index (χ0n) is 10.5. The summed E-state index contributed by atoms with van der Waals surface area (Å²) in [6.07, 6.45) is 2.68. The van der Waals surface area contributed by atoms with Crippen molar-refractivity contribution in [3.63, 3.8) is 0 Å². The predicted molar refractivity (Wildman–Crippen MR) is 78.4 cm³/mol. The molecule has 4 heteroatoms. The molecule has 0 amide bonds. The molecule has 1 atom stereocenters. The van der Waals surface area contributed by atoms with Crippen molar-refractivity contribution in [1.82, 2.24) is 4.90 Å². The van der Waals surface area contributed by atoms with Gasteiger partial charge in [-0.25, -0.2) is 0 Å². The van der Waals surface area contributed by atoms with Gasteiger partial charge in [0.1, 0.15) is 0 Å². The average Bonchev–Trinajstić information content (AvgIpc) is 3.03. The van der Waals surface area contributed by atoms with E-state index >= 15 is 0 Å². The van der Waals surface area contributed by atoms with Gasteiger partial charge in [-0.3, -0.25) is 4.90 Å². The van der Waals surface area contributed by atoms with Crippen LogP contribution in [0.25, 0.3) is 0 Å². The van der Waals surface area contributed by atoms with Gasteiger partial charge in [0.15, 0.2) is 0 Å². The van der Waals surface area contributed by atoms with E-state index < -0.39 is 0 Å². The SMILES string of the molecule is CC(C)CN(C1CC1)C(CN)c1sccc1Br. The van der Waals surface area contributed by atoms with Crippen LogP contribution in [0.4, 0.5) is 0 Å². The fraction of sp³-hybridized carbons (Fsp3) is 0.692. The lowest BCUT2D eigenvalue weighted by Crippen LogP contribution is -2.37. The molecule has 1 aliphatic rings. The fourth-order valence-corrected chi connectivity index (χ4v) is 4.07. The Balaban J connectivity index is 2.17. The van der Waals surface area contributed by atoms with Crippen LogP contribution < -0.4 is 5.73 Å². The molecule has 0 spiro atoms. The lowest BCUT2D eigenvalue weighted by Gasteiger charge is -2.32. The van der Waals surface area contributed by atoms with Crippen molar-refractivity contribution >= 4 is 27.3 Å². The first-order chi connectivity index (χ1) is 8.13. The van der Waals surface area contributed by atoms with Crippen molar-refractivity contribution < 1.29 is 0 Å². The van der Waals surface area contributed by atoms with Gasteiger partial charge in [0, 0.05) is 28.5 Å². The van der Waals surface area contributed by atoms with E-state index in [4.69, 9.17) is 5.73 Å². The third kappa shape index (κ3) is 3.31. The van der Waals surface area contributed by atoms with Crippen molar-refractivity contribution in [2.75, 3.05) is 13.1 Å². The number of hydrogen-bond acceptors (Lipinski definition) is 3. The standard InChI is InChI=1S/C13H21BrN2S/c1-9(2)8-16(10-3-4-10)12(7-15)13-11(14)5-6-17-13/h5-6,9-10,12H,3-4,7-8,15H2,1-2H3. The van der Waals surface area contributed by atoms with E-state index in [0.29, 0.717) is 18.5 Å². The molecule has 1 fully saturated rings. The molecule has 1 aromatic rings. The van der Waals surface area contributed by atoms with Crippen LogP contribution in [0, 0.1) is 5.92 Å². The van der Waals surface area contributed by atoms with Crippen molar-refractivity contribution in [3.05, 3.63) is 20.8 Å². The topological polar surface area (TPSA) is 29.3 Å². The van der Waals surface area contributed by atoms with Gasteiger partial charge in [-0.2, -0.15) is 0 Å².